The van der Waals surface area contributed by atoms with Gasteiger partial charge in [0, 0.05) is 30.9 Å². The Balaban J connectivity index is 2.62. The van der Waals surface area contributed by atoms with E-state index in [1.54, 1.807) is 0 Å². The van der Waals surface area contributed by atoms with Crippen LogP contribution in [0.15, 0.2) is 30.4 Å². The molecule has 0 aliphatic rings. The highest BCUT2D eigenvalue weighted by Gasteiger charge is 2.02. The third kappa shape index (κ3) is 4.51. The molecule has 0 bridgehead atoms. The van der Waals surface area contributed by atoms with E-state index in [1.165, 1.54) is 5.69 Å². The summed E-state index contributed by atoms with van der Waals surface area (Å²) in [6.45, 7) is 9.07. The Labute approximate surface area is 105 Å². The van der Waals surface area contributed by atoms with Crippen LogP contribution in [0.4, 0.5) is 5.69 Å². The molecule has 0 heterocycles. The predicted molar refractivity (Wildman–Crippen MR) is 73.8 cm³/mol. The van der Waals surface area contributed by atoms with Crippen molar-refractivity contribution in [2.75, 3.05) is 24.6 Å². The molecule has 0 amide bonds. The summed E-state index contributed by atoms with van der Waals surface area (Å²) in [5.41, 5.74) is 1.20. The van der Waals surface area contributed by atoms with Crippen LogP contribution < -0.4 is 9.64 Å². The summed E-state index contributed by atoms with van der Waals surface area (Å²) in [5, 5.41) is 0. The molecular weight excluding hydrogens is 210 g/mol. The number of rotatable bonds is 7. The van der Waals surface area contributed by atoms with E-state index in [-0.39, 0.29) is 0 Å². The molecule has 1 aromatic rings. The summed E-state index contributed by atoms with van der Waals surface area (Å²) in [6.07, 6.45) is 5.19. The Kier molecular flexibility index (Phi) is 6.23. The largest absolute Gasteiger partial charge is 0.489 e. The second kappa shape index (κ2) is 7.77. The molecule has 2 heteroatoms. The fraction of sp³-hybridized carbons (Fsp3) is 0.467. The van der Waals surface area contributed by atoms with Crippen LogP contribution in [-0.4, -0.2) is 19.7 Å². The number of allylic oxidation sites excluding steroid dienone is 1. The van der Waals surface area contributed by atoms with E-state index in [0.717, 1.165) is 25.3 Å². The number of nitrogens with zero attached hydrogens (tertiary/aromatic N) is 1. The van der Waals surface area contributed by atoms with Gasteiger partial charge in [0.05, 0.1) is 0 Å². The fourth-order valence-corrected chi connectivity index (χ4v) is 1.67. The topological polar surface area (TPSA) is 12.5 Å². The third-order valence-corrected chi connectivity index (χ3v) is 2.62. The number of hydrogen-bond donors (Lipinski definition) is 0. The average molecular weight is 232 g/mol. The fourth-order valence-electron chi connectivity index (χ4n) is 1.67. The van der Waals surface area contributed by atoms with Crippen LogP contribution in [0.5, 0.6) is 5.75 Å². The molecule has 93 valence electrons. The minimum absolute atomic E-state index is 0.617. The smallest absolute Gasteiger partial charge is 0.129 e. The van der Waals surface area contributed by atoms with E-state index in [9.17, 15) is 0 Å². The van der Waals surface area contributed by atoms with Gasteiger partial charge in [-0.15, -0.1) is 0 Å². The minimum Gasteiger partial charge on any atom is -0.489 e. The Hall–Kier alpha value is -1.44. The van der Waals surface area contributed by atoms with Crippen molar-refractivity contribution in [2.24, 2.45) is 0 Å². The average Bonchev–Trinajstić information content (AvgIpc) is 2.37. The number of ether oxygens (including phenoxy) is 1. The normalized spacial score (nSPS) is 10.8. The molecule has 0 N–H and O–H groups in total. The van der Waals surface area contributed by atoms with E-state index in [1.807, 2.05) is 18.2 Å². The standard InChI is InChI=1S/C15H22NO/c1-4-7-8-12-17-15-11-9-10-14(13-15)16(5-2)6-3/h7-10,13H,4-6,12H2,1-3H3. The first-order chi connectivity index (χ1) is 8.31. The van der Waals surface area contributed by atoms with Crippen molar-refractivity contribution in [3.05, 3.63) is 36.4 Å². The molecular formula is C15H22NO. The Morgan fingerprint density at radius 3 is 2.65 bits per heavy atom. The monoisotopic (exact) mass is 232 g/mol. The van der Waals surface area contributed by atoms with Crippen molar-refractivity contribution < 1.29 is 4.74 Å². The number of anilines is 1. The van der Waals surface area contributed by atoms with Gasteiger partial charge in [0.15, 0.2) is 0 Å². The van der Waals surface area contributed by atoms with E-state index in [2.05, 4.69) is 43.9 Å². The van der Waals surface area contributed by atoms with E-state index in [4.69, 9.17) is 4.74 Å². The molecule has 0 atom stereocenters. The van der Waals surface area contributed by atoms with Gasteiger partial charge in [-0.2, -0.15) is 0 Å². The van der Waals surface area contributed by atoms with Gasteiger partial charge in [0.2, 0.25) is 0 Å². The van der Waals surface area contributed by atoms with Crippen LogP contribution in [0, 0.1) is 6.07 Å². The highest BCUT2D eigenvalue weighted by molar-refractivity contribution is 5.50. The molecule has 1 radical (unpaired) electrons. The SMILES string of the molecule is CCC=CCOc1[c]ccc(N(CC)CC)c1. The second-order valence-corrected chi connectivity index (χ2v) is 3.77. The lowest BCUT2D eigenvalue weighted by atomic mass is 10.2. The second-order valence-electron chi connectivity index (χ2n) is 3.77. The molecule has 0 aliphatic carbocycles. The maximum atomic E-state index is 5.62. The minimum atomic E-state index is 0.617. The molecule has 0 aliphatic heterocycles. The Bertz CT molecular complexity index is 343. The Morgan fingerprint density at radius 2 is 2.00 bits per heavy atom. The summed E-state index contributed by atoms with van der Waals surface area (Å²) in [4.78, 5) is 2.29. The molecule has 0 saturated heterocycles. The quantitative estimate of drug-likeness (QED) is 0.665. The molecule has 0 aromatic heterocycles. The van der Waals surface area contributed by atoms with Crippen molar-refractivity contribution in [1.29, 1.82) is 0 Å². The number of benzene rings is 1. The van der Waals surface area contributed by atoms with E-state index < -0.39 is 0 Å². The zero-order valence-electron chi connectivity index (χ0n) is 11.1. The van der Waals surface area contributed by atoms with Crippen LogP contribution in [0.25, 0.3) is 0 Å². The molecule has 2 nitrogen and oxygen atoms in total. The van der Waals surface area contributed by atoms with Crippen LogP contribution in [0.2, 0.25) is 0 Å². The zero-order valence-corrected chi connectivity index (χ0v) is 11.1. The van der Waals surface area contributed by atoms with E-state index in [0.29, 0.717) is 6.61 Å². The first-order valence-electron chi connectivity index (χ1n) is 6.36. The molecule has 1 rings (SSSR count). The van der Waals surface area contributed by atoms with E-state index >= 15 is 0 Å². The molecule has 0 fully saturated rings. The highest BCUT2D eigenvalue weighted by atomic mass is 16.5. The highest BCUT2D eigenvalue weighted by Crippen LogP contribution is 2.20. The molecule has 1 aromatic carbocycles. The first-order valence-corrected chi connectivity index (χ1v) is 6.36. The predicted octanol–water partition coefficient (Wildman–Crippen LogP) is 3.68. The van der Waals surface area contributed by atoms with Gasteiger partial charge in [-0.1, -0.05) is 19.1 Å². The molecule has 17 heavy (non-hydrogen) atoms. The summed E-state index contributed by atoms with van der Waals surface area (Å²) in [7, 11) is 0. The summed E-state index contributed by atoms with van der Waals surface area (Å²) < 4.78 is 5.62. The van der Waals surface area contributed by atoms with Crippen molar-refractivity contribution in [3.8, 4) is 5.75 Å². The lowest BCUT2D eigenvalue weighted by Crippen LogP contribution is -2.21. The van der Waals surface area contributed by atoms with Crippen molar-refractivity contribution in [2.45, 2.75) is 27.2 Å². The maximum Gasteiger partial charge on any atom is 0.129 e. The van der Waals surface area contributed by atoms with Crippen LogP contribution >= 0.6 is 0 Å². The van der Waals surface area contributed by atoms with Gasteiger partial charge < -0.3 is 9.64 Å². The van der Waals surface area contributed by atoms with Crippen molar-refractivity contribution in [1.82, 2.24) is 0 Å². The van der Waals surface area contributed by atoms with Crippen LogP contribution in [-0.2, 0) is 0 Å². The van der Waals surface area contributed by atoms with Gasteiger partial charge in [-0.3, -0.25) is 0 Å². The molecule has 0 spiro atoms. The van der Waals surface area contributed by atoms with Crippen molar-refractivity contribution >= 4 is 5.69 Å². The number of hydrogen-bond acceptors (Lipinski definition) is 2. The van der Waals surface area contributed by atoms with Crippen LogP contribution in [0.1, 0.15) is 27.2 Å². The van der Waals surface area contributed by atoms with Crippen LogP contribution in [0.3, 0.4) is 0 Å². The Morgan fingerprint density at radius 1 is 1.24 bits per heavy atom. The molecule has 0 unspecified atom stereocenters. The lowest BCUT2D eigenvalue weighted by molar-refractivity contribution is 0.362. The van der Waals surface area contributed by atoms with Crippen molar-refractivity contribution in [3.63, 3.8) is 0 Å². The summed E-state index contributed by atoms with van der Waals surface area (Å²) in [6, 6.07) is 9.15. The summed E-state index contributed by atoms with van der Waals surface area (Å²) in [5.74, 6) is 0.815. The van der Waals surface area contributed by atoms with Gasteiger partial charge in [0.25, 0.3) is 0 Å². The third-order valence-electron chi connectivity index (χ3n) is 2.62. The van der Waals surface area contributed by atoms with Gasteiger partial charge in [-0.25, -0.2) is 0 Å². The zero-order chi connectivity index (χ0) is 12.5. The van der Waals surface area contributed by atoms with Gasteiger partial charge in [0.1, 0.15) is 12.4 Å². The molecule has 0 saturated carbocycles. The van der Waals surface area contributed by atoms with Gasteiger partial charge >= 0.3 is 0 Å². The van der Waals surface area contributed by atoms with Gasteiger partial charge in [-0.05, 0) is 32.4 Å². The summed E-state index contributed by atoms with van der Waals surface area (Å²) >= 11 is 0. The maximum absolute atomic E-state index is 5.62. The lowest BCUT2D eigenvalue weighted by Gasteiger charge is -2.21. The first kappa shape index (κ1) is 13.6.